The molecule has 2 aliphatic rings. The second-order valence-corrected chi connectivity index (χ2v) is 12.0. The van der Waals surface area contributed by atoms with E-state index in [-0.39, 0.29) is 0 Å². The van der Waals surface area contributed by atoms with Crippen LogP contribution in [0.4, 0.5) is 21.0 Å². The molecule has 6 rings (SSSR count). The molecule has 248 valence electrons. The first-order valence-electron chi connectivity index (χ1n) is 15.8. The van der Waals surface area contributed by atoms with Gasteiger partial charge in [0.15, 0.2) is 0 Å². The van der Waals surface area contributed by atoms with Crippen molar-refractivity contribution in [2.24, 2.45) is 0 Å². The third-order valence-corrected chi connectivity index (χ3v) is 8.71. The molecule has 0 spiro atoms. The number of carbonyl (C=O) groups excluding carboxylic acids is 1. The number of pyridine rings is 1. The number of rotatable bonds is 10. The minimum atomic E-state index is -0.620. The number of para-hydroxylation sites is 1. The van der Waals surface area contributed by atoms with Gasteiger partial charge in [0.05, 0.1) is 18.3 Å². The van der Waals surface area contributed by atoms with Crippen LogP contribution in [0.2, 0.25) is 0 Å². The molecule has 2 saturated heterocycles. The number of amides is 2. The predicted octanol–water partition coefficient (Wildman–Crippen LogP) is 3.83. The van der Waals surface area contributed by atoms with Crippen molar-refractivity contribution in [1.29, 1.82) is 0 Å². The highest BCUT2D eigenvalue weighted by Crippen LogP contribution is 2.32. The van der Waals surface area contributed by atoms with Crippen LogP contribution in [-0.2, 0) is 9.57 Å². The predicted molar refractivity (Wildman–Crippen MR) is 176 cm³/mol. The number of ether oxygens (including phenoxy) is 1. The molecule has 2 N–H and O–H groups in total. The summed E-state index contributed by atoms with van der Waals surface area (Å²) < 4.78 is 20.9. The summed E-state index contributed by atoms with van der Waals surface area (Å²) in [5, 5.41) is 12.7. The van der Waals surface area contributed by atoms with Crippen molar-refractivity contribution in [3.05, 3.63) is 78.1 Å². The Bertz CT molecular complexity index is 1640. The molecule has 14 heteroatoms. The van der Waals surface area contributed by atoms with Gasteiger partial charge in [-0.05, 0) is 63.7 Å². The number of benzene rings is 1. The summed E-state index contributed by atoms with van der Waals surface area (Å²) >= 11 is 0. The van der Waals surface area contributed by atoms with E-state index in [9.17, 15) is 9.18 Å². The maximum absolute atomic E-state index is 14.0. The van der Waals surface area contributed by atoms with E-state index in [0.29, 0.717) is 48.8 Å². The molecule has 2 amide bonds. The van der Waals surface area contributed by atoms with Crippen molar-refractivity contribution in [2.45, 2.75) is 38.0 Å². The van der Waals surface area contributed by atoms with E-state index in [0.717, 1.165) is 42.7 Å². The van der Waals surface area contributed by atoms with Crippen LogP contribution in [0.25, 0.3) is 16.9 Å². The molecule has 2 fully saturated rings. The molecule has 3 aromatic heterocycles. The summed E-state index contributed by atoms with van der Waals surface area (Å²) in [6, 6.07) is 12.2. The molecule has 5 heterocycles. The van der Waals surface area contributed by atoms with E-state index >= 15 is 0 Å². The Morgan fingerprint density at radius 1 is 1.11 bits per heavy atom. The van der Waals surface area contributed by atoms with Crippen LogP contribution in [0.5, 0.6) is 0 Å². The Labute approximate surface area is 273 Å². The fourth-order valence-electron chi connectivity index (χ4n) is 6.11. The highest BCUT2D eigenvalue weighted by atomic mass is 19.1. The van der Waals surface area contributed by atoms with Gasteiger partial charge in [-0.15, -0.1) is 0 Å². The van der Waals surface area contributed by atoms with Gasteiger partial charge < -0.3 is 19.9 Å². The zero-order chi connectivity index (χ0) is 32.9. The van der Waals surface area contributed by atoms with Crippen molar-refractivity contribution >= 4 is 17.8 Å². The molecule has 47 heavy (non-hydrogen) atoms. The number of hydrogen-bond donors (Lipinski definition) is 2. The minimum Gasteiger partial charge on any atom is -0.383 e. The molecule has 2 atom stereocenters. The van der Waals surface area contributed by atoms with Gasteiger partial charge >= 0.3 is 6.03 Å². The second kappa shape index (κ2) is 14.5. The maximum Gasteiger partial charge on any atom is 0.320 e. The van der Waals surface area contributed by atoms with Gasteiger partial charge in [-0.2, -0.15) is 14.6 Å². The molecule has 0 aliphatic carbocycles. The number of hydroxylamine groups is 2. The van der Waals surface area contributed by atoms with Crippen LogP contribution in [0, 0.1) is 12.9 Å². The first-order valence-corrected chi connectivity index (χ1v) is 15.8. The molecular weight excluding hydrogens is 603 g/mol. The topological polar surface area (TPSA) is 126 Å². The SMILES string of the molecule is COCCN1C[C@@H](NC(=O)Nc2c(C)c(-c3cnc(N4CCC(N(C)C)CC4)nc3)nn2-c2ccccc2)[C@H](c2ccnc(F)c2)O1. The second-order valence-electron chi connectivity index (χ2n) is 12.0. The Kier molecular flexibility index (Phi) is 10.0. The summed E-state index contributed by atoms with van der Waals surface area (Å²) in [4.78, 5) is 37.3. The van der Waals surface area contributed by atoms with Crippen LogP contribution in [-0.4, -0.2) is 107 Å². The summed E-state index contributed by atoms with van der Waals surface area (Å²) in [6.45, 7) is 5.02. The van der Waals surface area contributed by atoms with Gasteiger partial charge in [-0.25, -0.2) is 24.4 Å². The Morgan fingerprint density at radius 2 is 1.85 bits per heavy atom. The van der Waals surface area contributed by atoms with Crippen LogP contribution >= 0.6 is 0 Å². The van der Waals surface area contributed by atoms with Crippen molar-refractivity contribution in [2.75, 3.05) is 64.2 Å². The summed E-state index contributed by atoms with van der Waals surface area (Å²) in [6.07, 6.45) is 6.48. The minimum absolute atomic E-state index is 0.379. The molecule has 0 unspecified atom stereocenters. The Hall–Kier alpha value is -4.50. The van der Waals surface area contributed by atoms with Gasteiger partial charge in [-0.1, -0.05) is 18.2 Å². The van der Waals surface area contributed by atoms with Crippen molar-refractivity contribution in [3.63, 3.8) is 0 Å². The van der Waals surface area contributed by atoms with Gasteiger partial charge in [0.2, 0.25) is 11.9 Å². The number of methoxy groups -OCH3 is 1. The number of urea groups is 1. The molecule has 1 aromatic carbocycles. The van der Waals surface area contributed by atoms with Crippen molar-refractivity contribution < 1.29 is 18.8 Å². The molecule has 4 aromatic rings. The van der Waals surface area contributed by atoms with Crippen LogP contribution in [0.1, 0.15) is 30.1 Å². The first kappa shape index (κ1) is 32.4. The summed E-state index contributed by atoms with van der Waals surface area (Å²) in [7, 11) is 5.85. The van der Waals surface area contributed by atoms with Gasteiger partial charge in [0.25, 0.3) is 0 Å². The Morgan fingerprint density at radius 3 is 2.53 bits per heavy atom. The highest BCUT2D eigenvalue weighted by Gasteiger charge is 2.37. The molecule has 0 bridgehead atoms. The van der Waals surface area contributed by atoms with Crippen LogP contribution < -0.4 is 15.5 Å². The number of aromatic nitrogens is 5. The third kappa shape index (κ3) is 7.41. The van der Waals surface area contributed by atoms with Crippen LogP contribution in [0.3, 0.4) is 0 Å². The maximum atomic E-state index is 14.0. The lowest BCUT2D eigenvalue weighted by molar-refractivity contribution is -0.154. The molecule has 0 saturated carbocycles. The monoisotopic (exact) mass is 644 g/mol. The van der Waals surface area contributed by atoms with E-state index in [4.69, 9.17) is 24.6 Å². The van der Waals surface area contributed by atoms with Gasteiger partial charge in [-0.3, -0.25) is 10.2 Å². The van der Waals surface area contributed by atoms with E-state index in [1.807, 2.05) is 37.3 Å². The standard InChI is InChI=1S/C33H41FN10O3/c1-22-29(24-19-36-32(37-20-24)42-14-11-25(12-15-42)41(2)3)40-44(26-8-6-5-7-9-26)31(22)39-33(45)38-27-21-43(16-17-46-4)47-30(27)23-10-13-35-28(34)18-23/h5-10,13,18-20,25,27,30H,11-12,14-17,21H2,1-4H3,(H2,38,39,45)/t27-,30+/m1/s1. The largest absolute Gasteiger partial charge is 0.383 e. The summed E-state index contributed by atoms with van der Waals surface area (Å²) in [5.41, 5.74) is 3.50. The molecule has 13 nitrogen and oxygen atoms in total. The smallest absolute Gasteiger partial charge is 0.320 e. The van der Waals surface area contributed by atoms with E-state index in [2.05, 4.69) is 39.5 Å². The molecular formula is C33H41FN10O3. The summed E-state index contributed by atoms with van der Waals surface area (Å²) in [5.74, 6) is 0.580. The zero-order valence-electron chi connectivity index (χ0n) is 27.1. The first-order chi connectivity index (χ1) is 22.8. The normalized spacial score (nSPS) is 19.0. The fourth-order valence-corrected chi connectivity index (χ4v) is 6.11. The third-order valence-electron chi connectivity index (χ3n) is 8.71. The highest BCUT2D eigenvalue weighted by molar-refractivity contribution is 5.91. The van der Waals surface area contributed by atoms with Crippen molar-refractivity contribution in [1.82, 2.24) is 40.0 Å². The van der Waals surface area contributed by atoms with Crippen LogP contribution in [0.15, 0.2) is 61.1 Å². The number of piperidine rings is 1. The van der Waals surface area contributed by atoms with E-state index in [1.165, 1.54) is 12.3 Å². The number of carbonyl (C=O) groups is 1. The van der Waals surface area contributed by atoms with Crippen molar-refractivity contribution in [3.8, 4) is 16.9 Å². The number of nitrogens with one attached hydrogen (secondary N) is 2. The zero-order valence-corrected chi connectivity index (χ0v) is 27.1. The average molecular weight is 645 g/mol. The number of nitrogens with zero attached hydrogens (tertiary/aromatic N) is 8. The lowest BCUT2D eigenvalue weighted by atomic mass is 10.0. The average Bonchev–Trinajstić information content (AvgIpc) is 3.64. The Balaban J connectivity index is 1.23. The van der Waals surface area contributed by atoms with E-state index in [1.54, 1.807) is 35.3 Å². The van der Waals surface area contributed by atoms with Gasteiger partial charge in [0.1, 0.15) is 17.6 Å². The fraction of sp³-hybridized carbons (Fsp3) is 0.424. The number of halogens is 1. The van der Waals surface area contributed by atoms with E-state index < -0.39 is 24.1 Å². The lowest BCUT2D eigenvalue weighted by Crippen LogP contribution is -2.42. The molecule has 0 radical (unpaired) electrons. The lowest BCUT2D eigenvalue weighted by Gasteiger charge is -2.35. The van der Waals surface area contributed by atoms with Gasteiger partial charge in [0, 0.05) is 69.0 Å². The number of hydrogen-bond acceptors (Lipinski definition) is 10. The molecule has 2 aliphatic heterocycles. The number of anilines is 2. The quantitative estimate of drug-likeness (QED) is 0.246.